The zero-order valence-electron chi connectivity index (χ0n) is 8.17. The minimum absolute atomic E-state index is 0.111. The Morgan fingerprint density at radius 1 is 1.33 bits per heavy atom. The summed E-state index contributed by atoms with van der Waals surface area (Å²) in [5.41, 5.74) is -0.111. The van der Waals surface area contributed by atoms with E-state index in [0.717, 1.165) is 0 Å². The van der Waals surface area contributed by atoms with Gasteiger partial charge in [-0.05, 0) is 18.2 Å². The summed E-state index contributed by atoms with van der Waals surface area (Å²) in [5, 5.41) is 0. The molecule has 0 aliphatic carbocycles. The van der Waals surface area contributed by atoms with Crippen LogP contribution in [0.25, 0.3) is 0 Å². The lowest BCUT2D eigenvalue weighted by molar-refractivity contribution is 0.129. The molecular weight excluding hydrogens is 270 g/mol. The molecule has 15 heavy (non-hydrogen) atoms. The van der Waals surface area contributed by atoms with Crippen molar-refractivity contribution in [3.05, 3.63) is 28.2 Å². The second-order valence-corrected chi connectivity index (χ2v) is 3.74. The van der Waals surface area contributed by atoms with Crippen molar-refractivity contribution in [3.63, 3.8) is 0 Å². The molecule has 0 radical (unpaired) electrons. The lowest BCUT2D eigenvalue weighted by atomic mass is 10.2. The van der Waals surface area contributed by atoms with Gasteiger partial charge < -0.3 is 9.47 Å². The van der Waals surface area contributed by atoms with Gasteiger partial charge in [-0.2, -0.15) is 0 Å². The second kappa shape index (κ2) is 6.02. The number of benzene rings is 1. The van der Waals surface area contributed by atoms with Crippen LogP contribution in [-0.2, 0) is 4.74 Å². The average molecular weight is 281 g/mol. The van der Waals surface area contributed by atoms with Gasteiger partial charge in [-0.1, -0.05) is 15.9 Å². The molecule has 5 heteroatoms. The van der Waals surface area contributed by atoms with E-state index in [2.05, 4.69) is 15.9 Å². The first-order valence-electron chi connectivity index (χ1n) is 4.34. The molecule has 0 heterocycles. The zero-order chi connectivity index (χ0) is 11.3. The monoisotopic (exact) mass is 280 g/mol. The lowest BCUT2D eigenvalue weighted by Crippen LogP contribution is -2.06. The summed E-state index contributed by atoms with van der Waals surface area (Å²) in [6, 6.07) is 4.53. The quantitative estimate of drug-likeness (QED) is 0.770. The topological polar surface area (TPSA) is 18.5 Å². The minimum Gasteiger partial charge on any atom is -0.491 e. The Bertz CT molecular complexity index is 318. The van der Waals surface area contributed by atoms with Gasteiger partial charge in [0.1, 0.15) is 12.4 Å². The van der Waals surface area contributed by atoms with Gasteiger partial charge in [-0.15, -0.1) is 0 Å². The summed E-state index contributed by atoms with van der Waals surface area (Å²) in [4.78, 5) is 0. The first-order chi connectivity index (χ1) is 7.15. The number of methoxy groups -OCH3 is 1. The molecule has 0 atom stereocenters. The van der Waals surface area contributed by atoms with Gasteiger partial charge in [0, 0.05) is 11.6 Å². The predicted octanol–water partition coefficient (Wildman–Crippen LogP) is 3.41. The highest BCUT2D eigenvalue weighted by Gasteiger charge is 2.14. The number of rotatable bonds is 5. The predicted molar refractivity (Wildman–Crippen MR) is 56.5 cm³/mol. The minimum atomic E-state index is -2.54. The molecule has 0 N–H and O–H groups in total. The summed E-state index contributed by atoms with van der Waals surface area (Å²) < 4.78 is 35.7. The highest BCUT2D eigenvalue weighted by atomic mass is 79.9. The summed E-state index contributed by atoms with van der Waals surface area (Å²) in [7, 11) is 1.53. The Balaban J connectivity index is 2.77. The third kappa shape index (κ3) is 3.76. The van der Waals surface area contributed by atoms with Gasteiger partial charge in [-0.25, -0.2) is 8.78 Å². The van der Waals surface area contributed by atoms with Gasteiger partial charge in [0.2, 0.25) is 0 Å². The highest BCUT2D eigenvalue weighted by molar-refractivity contribution is 9.10. The number of hydrogen-bond acceptors (Lipinski definition) is 2. The normalized spacial score (nSPS) is 10.7. The van der Waals surface area contributed by atoms with E-state index in [9.17, 15) is 8.78 Å². The van der Waals surface area contributed by atoms with Crippen LogP contribution in [0.15, 0.2) is 22.7 Å². The van der Waals surface area contributed by atoms with E-state index >= 15 is 0 Å². The fourth-order valence-corrected chi connectivity index (χ4v) is 1.44. The largest absolute Gasteiger partial charge is 0.491 e. The average Bonchev–Trinajstić information content (AvgIpc) is 2.20. The van der Waals surface area contributed by atoms with Crippen LogP contribution in [0.2, 0.25) is 0 Å². The van der Waals surface area contributed by atoms with Crippen LogP contribution in [0.1, 0.15) is 12.0 Å². The standard InChI is InChI=1S/C10H11BrF2O2/c1-14-4-5-15-9-3-2-7(11)6-8(9)10(12)13/h2-3,6,10H,4-5H2,1H3. The molecule has 2 nitrogen and oxygen atoms in total. The highest BCUT2D eigenvalue weighted by Crippen LogP contribution is 2.31. The third-order valence-corrected chi connectivity index (χ3v) is 2.25. The molecule has 0 fully saturated rings. The number of halogens is 3. The van der Waals surface area contributed by atoms with Crippen LogP contribution in [0.3, 0.4) is 0 Å². The van der Waals surface area contributed by atoms with Crippen molar-refractivity contribution < 1.29 is 18.3 Å². The summed E-state index contributed by atoms with van der Waals surface area (Å²) in [6.45, 7) is 0.636. The summed E-state index contributed by atoms with van der Waals surface area (Å²) in [5.74, 6) is 0.199. The van der Waals surface area contributed by atoms with Crippen LogP contribution < -0.4 is 4.74 Å². The first-order valence-corrected chi connectivity index (χ1v) is 5.13. The SMILES string of the molecule is COCCOc1ccc(Br)cc1C(F)F. The lowest BCUT2D eigenvalue weighted by Gasteiger charge is -2.10. The summed E-state index contributed by atoms with van der Waals surface area (Å²) in [6.07, 6.45) is -2.54. The van der Waals surface area contributed by atoms with E-state index in [1.54, 1.807) is 6.07 Å². The fourth-order valence-electron chi connectivity index (χ4n) is 1.06. The van der Waals surface area contributed by atoms with E-state index in [1.165, 1.54) is 19.2 Å². The van der Waals surface area contributed by atoms with Gasteiger partial charge in [-0.3, -0.25) is 0 Å². The molecule has 1 rings (SSSR count). The molecule has 1 aromatic rings. The van der Waals surface area contributed by atoms with Gasteiger partial charge in [0.25, 0.3) is 6.43 Å². The fraction of sp³-hybridized carbons (Fsp3) is 0.400. The zero-order valence-corrected chi connectivity index (χ0v) is 9.76. The van der Waals surface area contributed by atoms with Crippen LogP contribution >= 0.6 is 15.9 Å². The molecule has 0 bridgehead atoms. The second-order valence-electron chi connectivity index (χ2n) is 2.82. The van der Waals surface area contributed by atoms with E-state index in [4.69, 9.17) is 9.47 Å². The molecular formula is C10H11BrF2O2. The Hall–Kier alpha value is -0.680. The van der Waals surface area contributed by atoms with Crippen molar-refractivity contribution in [3.8, 4) is 5.75 Å². The first kappa shape index (κ1) is 12.4. The molecule has 0 aromatic heterocycles. The van der Waals surface area contributed by atoms with Crippen LogP contribution in [0.4, 0.5) is 8.78 Å². The van der Waals surface area contributed by atoms with Crippen molar-refractivity contribution >= 4 is 15.9 Å². The maximum absolute atomic E-state index is 12.6. The Morgan fingerprint density at radius 3 is 2.67 bits per heavy atom. The molecule has 0 aliphatic heterocycles. The third-order valence-electron chi connectivity index (χ3n) is 1.75. The van der Waals surface area contributed by atoms with Crippen molar-refractivity contribution in [2.45, 2.75) is 6.43 Å². The maximum Gasteiger partial charge on any atom is 0.267 e. The van der Waals surface area contributed by atoms with E-state index in [-0.39, 0.29) is 17.9 Å². The van der Waals surface area contributed by atoms with Gasteiger partial charge >= 0.3 is 0 Å². The Labute approximate surface area is 95.3 Å². The van der Waals surface area contributed by atoms with Crippen molar-refractivity contribution in [2.24, 2.45) is 0 Å². The smallest absolute Gasteiger partial charge is 0.267 e. The maximum atomic E-state index is 12.6. The molecule has 84 valence electrons. The Morgan fingerprint density at radius 2 is 2.07 bits per heavy atom. The summed E-state index contributed by atoms with van der Waals surface area (Å²) >= 11 is 3.13. The van der Waals surface area contributed by atoms with E-state index in [1.807, 2.05) is 0 Å². The number of ether oxygens (including phenoxy) is 2. The van der Waals surface area contributed by atoms with Crippen LogP contribution in [0, 0.1) is 0 Å². The van der Waals surface area contributed by atoms with Crippen LogP contribution in [-0.4, -0.2) is 20.3 Å². The number of alkyl halides is 2. The van der Waals surface area contributed by atoms with Gasteiger partial charge in [0.15, 0.2) is 0 Å². The molecule has 0 unspecified atom stereocenters. The molecule has 0 saturated carbocycles. The van der Waals surface area contributed by atoms with Crippen molar-refractivity contribution in [2.75, 3.05) is 20.3 Å². The molecule has 0 saturated heterocycles. The molecule has 1 aromatic carbocycles. The van der Waals surface area contributed by atoms with Crippen LogP contribution in [0.5, 0.6) is 5.75 Å². The molecule has 0 amide bonds. The van der Waals surface area contributed by atoms with E-state index in [0.29, 0.717) is 11.1 Å². The van der Waals surface area contributed by atoms with E-state index < -0.39 is 6.43 Å². The van der Waals surface area contributed by atoms with Crippen molar-refractivity contribution in [1.82, 2.24) is 0 Å². The number of hydrogen-bond donors (Lipinski definition) is 0. The van der Waals surface area contributed by atoms with Gasteiger partial charge in [0.05, 0.1) is 12.2 Å². The van der Waals surface area contributed by atoms with Crippen molar-refractivity contribution in [1.29, 1.82) is 0 Å². The Kier molecular flexibility index (Phi) is 4.98. The molecule has 0 aliphatic rings. The molecule has 0 spiro atoms.